The minimum Gasteiger partial charge on any atom is -0.303 e. The lowest BCUT2D eigenvalue weighted by Crippen LogP contribution is -2.17. The molecule has 0 bridgehead atoms. The van der Waals surface area contributed by atoms with Gasteiger partial charge in [-0.15, -0.1) is 0 Å². The van der Waals surface area contributed by atoms with Crippen LogP contribution in [0.2, 0.25) is 0 Å². The maximum atomic E-state index is 11.1. The number of aldehydes is 1. The summed E-state index contributed by atoms with van der Waals surface area (Å²) in [7, 11) is 0. The lowest BCUT2D eigenvalue weighted by atomic mass is 9.81. The van der Waals surface area contributed by atoms with E-state index in [1.807, 2.05) is 0 Å². The van der Waals surface area contributed by atoms with E-state index in [4.69, 9.17) is 0 Å². The second kappa shape index (κ2) is 10.8. The van der Waals surface area contributed by atoms with Crippen molar-refractivity contribution in [2.24, 2.45) is 5.41 Å². The molecule has 1 nitrogen and oxygen atoms in total. The summed E-state index contributed by atoms with van der Waals surface area (Å²) in [5, 5.41) is 0. The topological polar surface area (TPSA) is 17.1 Å². The highest BCUT2D eigenvalue weighted by molar-refractivity contribution is 5.58. The van der Waals surface area contributed by atoms with Crippen LogP contribution in [-0.4, -0.2) is 6.29 Å². The van der Waals surface area contributed by atoms with E-state index in [0.29, 0.717) is 0 Å². The third-order valence-corrected chi connectivity index (χ3v) is 3.74. The van der Waals surface area contributed by atoms with Gasteiger partial charge in [0.2, 0.25) is 0 Å². The molecule has 0 aromatic carbocycles. The summed E-state index contributed by atoms with van der Waals surface area (Å²) in [5.74, 6) is 0. The van der Waals surface area contributed by atoms with Gasteiger partial charge in [0.05, 0.1) is 0 Å². The molecule has 0 saturated heterocycles. The van der Waals surface area contributed by atoms with Crippen molar-refractivity contribution in [3.05, 3.63) is 0 Å². The summed E-state index contributed by atoms with van der Waals surface area (Å²) in [6, 6.07) is 0. The van der Waals surface area contributed by atoms with E-state index in [1.165, 1.54) is 64.1 Å². The molecule has 0 fully saturated rings. The van der Waals surface area contributed by atoms with Crippen molar-refractivity contribution < 1.29 is 4.79 Å². The smallest absolute Gasteiger partial charge is 0.125 e. The normalized spacial score (nSPS) is 14.5. The lowest BCUT2D eigenvalue weighted by Gasteiger charge is -2.22. The van der Waals surface area contributed by atoms with Gasteiger partial charge in [0.1, 0.15) is 6.29 Å². The van der Waals surface area contributed by atoms with Crippen LogP contribution < -0.4 is 0 Å². The van der Waals surface area contributed by atoms with Gasteiger partial charge < -0.3 is 4.79 Å². The van der Waals surface area contributed by atoms with Crippen molar-refractivity contribution in [3.8, 4) is 0 Å². The second-order valence-electron chi connectivity index (χ2n) is 5.75. The van der Waals surface area contributed by atoms with Crippen molar-refractivity contribution in [3.63, 3.8) is 0 Å². The van der Waals surface area contributed by atoms with Crippen LogP contribution in [0, 0.1) is 5.41 Å². The lowest BCUT2D eigenvalue weighted by molar-refractivity contribution is -0.116. The van der Waals surface area contributed by atoms with Crippen LogP contribution in [-0.2, 0) is 4.79 Å². The Hall–Kier alpha value is -0.330. The maximum absolute atomic E-state index is 11.1. The molecule has 0 aliphatic carbocycles. The molecule has 1 atom stereocenters. The summed E-state index contributed by atoms with van der Waals surface area (Å²) in [6.07, 6.45) is 15.1. The van der Waals surface area contributed by atoms with Gasteiger partial charge in [-0.05, 0) is 12.8 Å². The fourth-order valence-corrected chi connectivity index (χ4v) is 2.31. The summed E-state index contributed by atoms with van der Waals surface area (Å²) in [4.78, 5) is 11.1. The number of hydrogen-bond acceptors (Lipinski definition) is 1. The molecular weight excluding hydrogens is 208 g/mol. The molecule has 0 aliphatic rings. The van der Waals surface area contributed by atoms with Gasteiger partial charge in [-0.1, -0.05) is 78.6 Å². The molecule has 0 aromatic rings. The third kappa shape index (κ3) is 9.38. The van der Waals surface area contributed by atoms with Crippen LogP contribution in [0.5, 0.6) is 0 Å². The van der Waals surface area contributed by atoms with Crippen LogP contribution in [0.15, 0.2) is 0 Å². The molecular formula is C16H32O. The second-order valence-corrected chi connectivity index (χ2v) is 5.75. The number of hydrogen-bond donors (Lipinski definition) is 0. The zero-order valence-corrected chi connectivity index (χ0v) is 12.3. The summed E-state index contributed by atoms with van der Waals surface area (Å²) >= 11 is 0. The SMILES string of the molecule is CCCCCCCCCC(C)(C=O)CCCC. The molecule has 0 N–H and O–H groups in total. The highest BCUT2D eigenvalue weighted by Crippen LogP contribution is 2.28. The Labute approximate surface area is 108 Å². The maximum Gasteiger partial charge on any atom is 0.125 e. The fourth-order valence-electron chi connectivity index (χ4n) is 2.31. The molecule has 102 valence electrons. The number of rotatable bonds is 12. The van der Waals surface area contributed by atoms with Crippen LogP contribution in [0.1, 0.15) is 91.4 Å². The Morgan fingerprint density at radius 3 is 1.76 bits per heavy atom. The summed E-state index contributed by atoms with van der Waals surface area (Å²) in [6.45, 7) is 6.58. The Bertz CT molecular complexity index is 176. The molecule has 17 heavy (non-hydrogen) atoms. The Kier molecular flexibility index (Phi) is 10.6. The average molecular weight is 240 g/mol. The van der Waals surface area contributed by atoms with Crippen molar-refractivity contribution in [1.29, 1.82) is 0 Å². The van der Waals surface area contributed by atoms with Crippen molar-refractivity contribution in [2.75, 3.05) is 0 Å². The van der Waals surface area contributed by atoms with E-state index in [1.54, 1.807) is 0 Å². The third-order valence-electron chi connectivity index (χ3n) is 3.74. The molecule has 1 heteroatoms. The first kappa shape index (κ1) is 16.7. The standard InChI is InChI=1S/C16H32O/c1-4-6-8-9-10-11-12-14-16(3,15-17)13-7-5-2/h15H,4-14H2,1-3H3. The van der Waals surface area contributed by atoms with Gasteiger partial charge in [0, 0.05) is 5.41 Å². The van der Waals surface area contributed by atoms with Gasteiger partial charge >= 0.3 is 0 Å². The van der Waals surface area contributed by atoms with Gasteiger partial charge in [0.15, 0.2) is 0 Å². The van der Waals surface area contributed by atoms with Crippen molar-refractivity contribution in [2.45, 2.75) is 91.4 Å². The van der Waals surface area contributed by atoms with E-state index < -0.39 is 0 Å². The average Bonchev–Trinajstić information content (AvgIpc) is 2.35. The quantitative estimate of drug-likeness (QED) is 0.324. The molecule has 0 saturated carbocycles. The highest BCUT2D eigenvalue weighted by Gasteiger charge is 2.21. The van der Waals surface area contributed by atoms with Crippen LogP contribution >= 0.6 is 0 Å². The molecule has 0 radical (unpaired) electrons. The van der Waals surface area contributed by atoms with Crippen molar-refractivity contribution >= 4 is 6.29 Å². The fraction of sp³-hybridized carbons (Fsp3) is 0.938. The minimum atomic E-state index is -0.0422. The highest BCUT2D eigenvalue weighted by atomic mass is 16.1. The predicted octanol–water partition coefficient (Wildman–Crippen LogP) is 5.52. The van der Waals surface area contributed by atoms with Gasteiger partial charge in [-0.2, -0.15) is 0 Å². The number of unbranched alkanes of at least 4 members (excludes halogenated alkanes) is 7. The van der Waals surface area contributed by atoms with E-state index >= 15 is 0 Å². The minimum absolute atomic E-state index is 0.0422. The predicted molar refractivity (Wildman–Crippen MR) is 76.3 cm³/mol. The number of carbonyl (C=O) groups is 1. The molecule has 0 aromatic heterocycles. The van der Waals surface area contributed by atoms with Gasteiger partial charge in [-0.3, -0.25) is 0 Å². The van der Waals surface area contributed by atoms with E-state index in [-0.39, 0.29) is 5.41 Å². The van der Waals surface area contributed by atoms with Crippen molar-refractivity contribution in [1.82, 2.24) is 0 Å². The Morgan fingerprint density at radius 1 is 0.765 bits per heavy atom. The molecule has 0 amide bonds. The van der Waals surface area contributed by atoms with E-state index in [0.717, 1.165) is 12.8 Å². The molecule has 0 rings (SSSR count). The first-order chi connectivity index (χ1) is 8.18. The zero-order chi connectivity index (χ0) is 13.0. The van der Waals surface area contributed by atoms with E-state index in [2.05, 4.69) is 20.8 Å². The van der Waals surface area contributed by atoms with Gasteiger partial charge in [0.25, 0.3) is 0 Å². The Balaban J connectivity index is 3.52. The number of carbonyl (C=O) groups excluding carboxylic acids is 1. The van der Waals surface area contributed by atoms with Gasteiger partial charge in [-0.25, -0.2) is 0 Å². The van der Waals surface area contributed by atoms with E-state index in [9.17, 15) is 4.79 Å². The first-order valence-corrected chi connectivity index (χ1v) is 7.65. The molecule has 0 heterocycles. The largest absolute Gasteiger partial charge is 0.303 e. The Morgan fingerprint density at radius 2 is 1.24 bits per heavy atom. The zero-order valence-electron chi connectivity index (χ0n) is 12.3. The van der Waals surface area contributed by atoms with Crippen LogP contribution in [0.4, 0.5) is 0 Å². The summed E-state index contributed by atoms with van der Waals surface area (Å²) < 4.78 is 0. The van der Waals surface area contributed by atoms with Crippen LogP contribution in [0.3, 0.4) is 0 Å². The molecule has 1 unspecified atom stereocenters. The first-order valence-electron chi connectivity index (χ1n) is 7.65. The summed E-state index contributed by atoms with van der Waals surface area (Å²) in [5.41, 5.74) is -0.0422. The molecule has 0 spiro atoms. The van der Waals surface area contributed by atoms with Crippen LogP contribution in [0.25, 0.3) is 0 Å². The molecule has 0 aliphatic heterocycles. The monoisotopic (exact) mass is 240 g/mol.